The van der Waals surface area contributed by atoms with Gasteiger partial charge in [-0.1, -0.05) is 23.2 Å². The zero-order valence-electron chi connectivity index (χ0n) is 6.23. The number of benzene rings is 1. The lowest BCUT2D eigenvalue weighted by Crippen LogP contribution is -2.35. The first-order valence-electron chi connectivity index (χ1n) is 3.45. The first-order chi connectivity index (χ1) is 6.11. The van der Waals surface area contributed by atoms with Crippen LogP contribution in [0.1, 0.15) is 20.7 Å². The summed E-state index contributed by atoms with van der Waals surface area (Å²) in [7, 11) is 0. The second-order valence-corrected chi connectivity index (χ2v) is 3.35. The molecule has 2 bridgehead atoms. The Morgan fingerprint density at radius 2 is 1.77 bits per heavy atom. The van der Waals surface area contributed by atoms with Crippen LogP contribution in [0, 0.1) is 0 Å². The summed E-state index contributed by atoms with van der Waals surface area (Å²) in [6.07, 6.45) is 0. The van der Waals surface area contributed by atoms with Gasteiger partial charge in [0.2, 0.25) is 0 Å². The van der Waals surface area contributed by atoms with Crippen LogP contribution in [0.4, 0.5) is 0 Å². The van der Waals surface area contributed by atoms with E-state index in [0.29, 0.717) is 0 Å². The highest BCUT2D eigenvalue weighted by Crippen LogP contribution is 2.30. The van der Waals surface area contributed by atoms with Crippen LogP contribution in [0.2, 0.25) is 10.0 Å². The van der Waals surface area contributed by atoms with E-state index in [1.807, 2.05) is 0 Å². The van der Waals surface area contributed by atoms with Gasteiger partial charge in [0.25, 0.3) is 11.8 Å². The highest BCUT2D eigenvalue weighted by atomic mass is 35.5. The van der Waals surface area contributed by atoms with Crippen molar-refractivity contribution < 1.29 is 9.59 Å². The number of rotatable bonds is 0. The molecule has 0 saturated heterocycles. The molecular formula is C8H3Cl2NO2. The van der Waals surface area contributed by atoms with Gasteiger partial charge in [0.1, 0.15) is 0 Å². The maximum absolute atomic E-state index is 11.2. The Balaban J connectivity index is 2.81. The van der Waals surface area contributed by atoms with Crippen molar-refractivity contribution in [1.82, 2.24) is 5.32 Å². The number of carbonyl (C=O) groups is 2. The molecular weight excluding hydrogens is 213 g/mol. The first-order valence-corrected chi connectivity index (χ1v) is 4.20. The molecule has 0 saturated carbocycles. The number of hydrogen-bond acceptors (Lipinski definition) is 2. The Morgan fingerprint density at radius 1 is 1.08 bits per heavy atom. The van der Waals surface area contributed by atoms with Gasteiger partial charge < -0.3 is 0 Å². The molecule has 13 heavy (non-hydrogen) atoms. The Hall–Kier alpha value is -1.06. The van der Waals surface area contributed by atoms with Crippen LogP contribution in [0.25, 0.3) is 0 Å². The molecule has 0 aromatic heterocycles. The molecule has 1 aliphatic rings. The Kier molecular flexibility index (Phi) is 1.78. The predicted octanol–water partition coefficient (Wildman–Crippen LogP) is 1.88. The Morgan fingerprint density at radius 3 is 2.46 bits per heavy atom. The van der Waals surface area contributed by atoms with Gasteiger partial charge in [-0.2, -0.15) is 0 Å². The molecule has 1 heterocycles. The van der Waals surface area contributed by atoms with E-state index in [1.165, 1.54) is 12.1 Å². The SMILES string of the molecule is O=C1NC(=O)c2c(Cl)ccc1c2Cl. The average Bonchev–Trinajstić information content (AvgIpc) is 2.01. The molecule has 1 aliphatic heterocycles. The van der Waals surface area contributed by atoms with Gasteiger partial charge in [-0.05, 0) is 12.1 Å². The predicted molar refractivity (Wildman–Crippen MR) is 48.3 cm³/mol. The summed E-state index contributed by atoms with van der Waals surface area (Å²) >= 11 is 11.5. The summed E-state index contributed by atoms with van der Waals surface area (Å²) < 4.78 is 0. The van der Waals surface area contributed by atoms with E-state index in [0.717, 1.165) is 0 Å². The first kappa shape index (κ1) is 8.53. The fraction of sp³-hybridized carbons (Fsp3) is 0. The van der Waals surface area contributed by atoms with Gasteiger partial charge in [0.05, 0.1) is 21.2 Å². The van der Waals surface area contributed by atoms with Crippen LogP contribution in [-0.4, -0.2) is 11.8 Å². The molecule has 1 aromatic rings. The van der Waals surface area contributed by atoms with Crippen molar-refractivity contribution in [3.63, 3.8) is 0 Å². The molecule has 2 rings (SSSR count). The molecule has 0 unspecified atom stereocenters. The van der Waals surface area contributed by atoms with Crippen LogP contribution >= 0.6 is 23.2 Å². The summed E-state index contributed by atoms with van der Waals surface area (Å²) in [6, 6.07) is 2.96. The number of hydrogen-bond donors (Lipinski definition) is 1. The largest absolute Gasteiger partial charge is 0.288 e. The molecule has 0 atom stereocenters. The molecule has 2 amide bonds. The lowest BCUT2D eigenvalue weighted by Gasteiger charge is -2.15. The number of amides is 2. The van der Waals surface area contributed by atoms with Gasteiger partial charge in [-0.3, -0.25) is 14.9 Å². The third-order valence-electron chi connectivity index (χ3n) is 1.79. The summed E-state index contributed by atoms with van der Waals surface area (Å²) in [6.45, 7) is 0. The van der Waals surface area contributed by atoms with Gasteiger partial charge in [0, 0.05) is 0 Å². The van der Waals surface area contributed by atoms with E-state index in [9.17, 15) is 9.59 Å². The van der Waals surface area contributed by atoms with Crippen molar-refractivity contribution in [2.45, 2.75) is 0 Å². The lowest BCUT2D eigenvalue weighted by atomic mass is 10.1. The van der Waals surface area contributed by atoms with Crippen LogP contribution < -0.4 is 5.32 Å². The normalized spacial score (nSPS) is 14.3. The molecule has 0 radical (unpaired) electrons. The summed E-state index contributed by atoms with van der Waals surface area (Å²) in [5.41, 5.74) is 0.445. The van der Waals surface area contributed by atoms with Gasteiger partial charge in [-0.25, -0.2) is 0 Å². The van der Waals surface area contributed by atoms with Crippen LogP contribution in [0.15, 0.2) is 12.1 Å². The highest BCUT2D eigenvalue weighted by molar-refractivity contribution is 6.43. The van der Waals surface area contributed by atoms with E-state index in [1.54, 1.807) is 0 Å². The Labute approximate surface area is 83.6 Å². The quantitative estimate of drug-likeness (QED) is 0.673. The third-order valence-corrected chi connectivity index (χ3v) is 2.50. The second-order valence-electron chi connectivity index (χ2n) is 2.57. The van der Waals surface area contributed by atoms with Crippen molar-refractivity contribution >= 4 is 35.0 Å². The fourth-order valence-corrected chi connectivity index (χ4v) is 1.80. The summed E-state index contributed by atoms with van der Waals surface area (Å²) in [5.74, 6) is -1.03. The van der Waals surface area contributed by atoms with Crippen LogP contribution in [0.5, 0.6) is 0 Å². The number of halogens is 2. The third kappa shape index (κ3) is 1.12. The molecule has 3 nitrogen and oxygen atoms in total. The highest BCUT2D eigenvalue weighted by Gasteiger charge is 2.27. The second kappa shape index (κ2) is 2.72. The zero-order chi connectivity index (χ0) is 9.59. The van der Waals surface area contributed by atoms with E-state index in [4.69, 9.17) is 23.2 Å². The fourth-order valence-electron chi connectivity index (χ4n) is 1.17. The van der Waals surface area contributed by atoms with Crippen molar-refractivity contribution in [2.24, 2.45) is 0 Å². The standard InChI is InChI=1S/C8H3Cl2NO2/c9-4-2-1-3-6(10)5(4)8(13)11-7(3)12/h1-2H,(H,11,12,13). The van der Waals surface area contributed by atoms with E-state index >= 15 is 0 Å². The van der Waals surface area contributed by atoms with Gasteiger partial charge in [-0.15, -0.1) is 0 Å². The average molecular weight is 216 g/mol. The minimum atomic E-state index is -0.548. The molecule has 0 spiro atoms. The monoisotopic (exact) mass is 215 g/mol. The topological polar surface area (TPSA) is 46.2 Å². The van der Waals surface area contributed by atoms with E-state index in [2.05, 4.69) is 5.32 Å². The number of carbonyl (C=O) groups excluding carboxylic acids is 2. The van der Waals surface area contributed by atoms with Gasteiger partial charge >= 0.3 is 0 Å². The minimum Gasteiger partial charge on any atom is -0.288 e. The smallest absolute Gasteiger partial charge is 0.261 e. The van der Waals surface area contributed by atoms with Crippen molar-refractivity contribution in [2.75, 3.05) is 0 Å². The summed E-state index contributed by atoms with van der Waals surface area (Å²) in [5, 5.41) is 2.50. The van der Waals surface area contributed by atoms with Crippen molar-refractivity contribution in [3.05, 3.63) is 33.3 Å². The number of fused-ring (bicyclic) bond motifs is 2. The van der Waals surface area contributed by atoms with Gasteiger partial charge in [0.15, 0.2) is 0 Å². The Bertz CT molecular complexity index is 428. The van der Waals surface area contributed by atoms with Crippen LogP contribution in [0.3, 0.4) is 0 Å². The molecule has 0 aliphatic carbocycles. The summed E-state index contributed by atoms with van der Waals surface area (Å²) in [4.78, 5) is 22.4. The van der Waals surface area contributed by atoms with E-state index < -0.39 is 11.8 Å². The molecule has 1 aromatic carbocycles. The number of imide groups is 1. The molecule has 66 valence electrons. The van der Waals surface area contributed by atoms with Crippen molar-refractivity contribution in [3.8, 4) is 0 Å². The van der Waals surface area contributed by atoms with Crippen molar-refractivity contribution in [1.29, 1.82) is 0 Å². The lowest BCUT2D eigenvalue weighted by molar-refractivity contribution is 0.0841. The zero-order valence-corrected chi connectivity index (χ0v) is 7.74. The number of nitrogens with one attached hydrogen (secondary N) is 1. The van der Waals surface area contributed by atoms with Crippen LogP contribution in [-0.2, 0) is 0 Å². The molecule has 0 fully saturated rings. The van der Waals surface area contributed by atoms with E-state index in [-0.39, 0.29) is 21.2 Å². The molecule has 1 N–H and O–H groups in total. The molecule has 5 heteroatoms. The maximum atomic E-state index is 11.2. The minimum absolute atomic E-state index is 0.126. The maximum Gasteiger partial charge on any atom is 0.261 e.